The number of nitrogens with two attached hydrogens (primary N) is 1. The Kier molecular flexibility index (Phi) is 3.15. The number of hydrogen-bond acceptors (Lipinski definition) is 3. The molecule has 0 spiro atoms. The van der Waals surface area contributed by atoms with Crippen molar-refractivity contribution in [3.05, 3.63) is 35.6 Å². The number of carbonyl (C=O) groups excluding carboxylic acids is 1. The van der Waals surface area contributed by atoms with Crippen molar-refractivity contribution in [2.45, 2.75) is 19.9 Å². The van der Waals surface area contributed by atoms with Crippen molar-refractivity contribution in [2.75, 3.05) is 6.54 Å². The third-order valence-electron chi connectivity index (χ3n) is 2.78. The third-order valence-corrected chi connectivity index (χ3v) is 2.78. The molecule has 0 bridgehead atoms. The van der Waals surface area contributed by atoms with Gasteiger partial charge in [0.15, 0.2) is 5.76 Å². The number of amides is 1. The van der Waals surface area contributed by atoms with E-state index in [1.54, 1.807) is 0 Å². The van der Waals surface area contributed by atoms with Gasteiger partial charge in [0.2, 0.25) is 0 Å². The van der Waals surface area contributed by atoms with Gasteiger partial charge in [0.05, 0.1) is 0 Å². The average Bonchev–Trinajstić information content (AvgIpc) is 2.67. The Labute approximate surface area is 99.8 Å². The predicted octanol–water partition coefficient (Wildman–Crippen LogP) is 1.82. The Bertz CT molecular complexity index is 545. The van der Waals surface area contributed by atoms with Gasteiger partial charge in [-0.15, -0.1) is 0 Å². The van der Waals surface area contributed by atoms with Crippen LogP contribution in [0.15, 0.2) is 28.7 Å². The Morgan fingerprint density at radius 3 is 2.82 bits per heavy atom. The van der Waals surface area contributed by atoms with Crippen molar-refractivity contribution >= 4 is 16.9 Å². The minimum Gasteiger partial charge on any atom is -0.451 e. The molecule has 1 aromatic heterocycles. The first-order valence-electron chi connectivity index (χ1n) is 5.62. The lowest BCUT2D eigenvalue weighted by Gasteiger charge is -2.09. The van der Waals surface area contributed by atoms with Crippen molar-refractivity contribution in [1.29, 1.82) is 0 Å². The van der Waals surface area contributed by atoms with Gasteiger partial charge in [0, 0.05) is 23.5 Å². The monoisotopic (exact) mass is 232 g/mol. The second-order valence-electron chi connectivity index (χ2n) is 4.16. The summed E-state index contributed by atoms with van der Waals surface area (Å²) < 4.78 is 5.55. The molecule has 3 N–H and O–H groups in total. The number of aryl methyl sites for hydroxylation is 1. The first-order chi connectivity index (χ1) is 8.13. The summed E-state index contributed by atoms with van der Waals surface area (Å²) in [5.74, 6) is 0.156. The van der Waals surface area contributed by atoms with Gasteiger partial charge >= 0.3 is 0 Å². The molecule has 0 fully saturated rings. The number of hydrogen-bond donors (Lipinski definition) is 2. The SMILES string of the molecule is Cc1c(C(=O)N[C@@H](C)CN)oc2ccccc12. The topological polar surface area (TPSA) is 68.3 Å². The molecule has 2 rings (SSSR count). The van der Waals surface area contributed by atoms with Crippen molar-refractivity contribution < 1.29 is 9.21 Å². The number of nitrogens with one attached hydrogen (secondary N) is 1. The van der Waals surface area contributed by atoms with E-state index in [2.05, 4.69) is 5.32 Å². The van der Waals surface area contributed by atoms with Gasteiger partial charge in [0.1, 0.15) is 5.58 Å². The molecular formula is C13H16N2O2. The second-order valence-corrected chi connectivity index (χ2v) is 4.16. The first kappa shape index (κ1) is 11.7. The summed E-state index contributed by atoms with van der Waals surface area (Å²) in [6.45, 7) is 4.15. The zero-order valence-electron chi connectivity index (χ0n) is 9.99. The fourth-order valence-corrected chi connectivity index (χ4v) is 1.74. The van der Waals surface area contributed by atoms with E-state index in [1.165, 1.54) is 0 Å². The zero-order chi connectivity index (χ0) is 12.4. The fraction of sp³-hybridized carbons (Fsp3) is 0.308. The van der Waals surface area contributed by atoms with Gasteiger partial charge in [-0.05, 0) is 19.9 Å². The molecule has 1 aromatic carbocycles. The van der Waals surface area contributed by atoms with Crippen LogP contribution in [0.5, 0.6) is 0 Å². The maximum absolute atomic E-state index is 11.9. The number of furan rings is 1. The molecule has 2 aromatic rings. The van der Waals surface area contributed by atoms with Crippen LogP contribution in [-0.2, 0) is 0 Å². The summed E-state index contributed by atoms with van der Waals surface area (Å²) in [6.07, 6.45) is 0. The normalized spacial score (nSPS) is 12.6. The molecule has 0 saturated carbocycles. The first-order valence-corrected chi connectivity index (χ1v) is 5.62. The van der Waals surface area contributed by atoms with E-state index in [0.717, 1.165) is 16.5 Å². The molecule has 0 radical (unpaired) electrons. The van der Waals surface area contributed by atoms with E-state index in [9.17, 15) is 4.79 Å². The highest BCUT2D eigenvalue weighted by atomic mass is 16.3. The third kappa shape index (κ3) is 2.17. The van der Waals surface area contributed by atoms with Crippen LogP contribution in [0.4, 0.5) is 0 Å². The number of carbonyl (C=O) groups is 1. The highest BCUT2D eigenvalue weighted by molar-refractivity contribution is 5.98. The number of fused-ring (bicyclic) bond motifs is 1. The Morgan fingerprint density at radius 1 is 1.47 bits per heavy atom. The van der Waals surface area contributed by atoms with Crippen LogP contribution in [0.25, 0.3) is 11.0 Å². The van der Waals surface area contributed by atoms with Gasteiger partial charge in [-0.1, -0.05) is 18.2 Å². The molecule has 4 heteroatoms. The average molecular weight is 232 g/mol. The molecular weight excluding hydrogens is 216 g/mol. The van der Waals surface area contributed by atoms with E-state index in [1.807, 2.05) is 38.1 Å². The van der Waals surface area contributed by atoms with Gasteiger partial charge in [-0.2, -0.15) is 0 Å². The van der Waals surface area contributed by atoms with Gasteiger partial charge in [-0.3, -0.25) is 4.79 Å². The van der Waals surface area contributed by atoms with Crippen molar-refractivity contribution in [2.24, 2.45) is 5.73 Å². The van der Waals surface area contributed by atoms with Crippen molar-refractivity contribution in [3.8, 4) is 0 Å². The fourth-order valence-electron chi connectivity index (χ4n) is 1.74. The highest BCUT2D eigenvalue weighted by Crippen LogP contribution is 2.24. The van der Waals surface area contributed by atoms with E-state index >= 15 is 0 Å². The van der Waals surface area contributed by atoms with Crippen molar-refractivity contribution in [1.82, 2.24) is 5.32 Å². The van der Waals surface area contributed by atoms with Gasteiger partial charge in [0.25, 0.3) is 5.91 Å². The summed E-state index contributed by atoms with van der Waals surface area (Å²) in [7, 11) is 0. The van der Waals surface area contributed by atoms with Gasteiger partial charge in [-0.25, -0.2) is 0 Å². The van der Waals surface area contributed by atoms with Gasteiger partial charge < -0.3 is 15.5 Å². The minimum atomic E-state index is -0.211. The number of benzene rings is 1. The molecule has 1 atom stereocenters. The molecule has 17 heavy (non-hydrogen) atoms. The second kappa shape index (κ2) is 4.59. The smallest absolute Gasteiger partial charge is 0.287 e. The van der Waals surface area contributed by atoms with Crippen LogP contribution in [0.2, 0.25) is 0 Å². The molecule has 90 valence electrons. The van der Waals surface area contributed by atoms with Crippen LogP contribution < -0.4 is 11.1 Å². The van der Waals surface area contributed by atoms with Crippen LogP contribution in [0.3, 0.4) is 0 Å². The maximum Gasteiger partial charge on any atom is 0.287 e. The molecule has 0 saturated heterocycles. The zero-order valence-corrected chi connectivity index (χ0v) is 9.99. The van der Waals surface area contributed by atoms with Crippen LogP contribution in [-0.4, -0.2) is 18.5 Å². The number of rotatable bonds is 3. The standard InChI is InChI=1S/C13H16N2O2/c1-8(7-14)15-13(16)12-9(2)10-5-3-4-6-11(10)17-12/h3-6,8H,7,14H2,1-2H3,(H,15,16)/t8-/m0/s1. The summed E-state index contributed by atoms with van der Waals surface area (Å²) in [6, 6.07) is 7.54. The lowest BCUT2D eigenvalue weighted by Crippen LogP contribution is -2.37. The molecule has 0 aliphatic carbocycles. The lowest BCUT2D eigenvalue weighted by atomic mass is 10.1. The summed E-state index contributed by atoms with van der Waals surface area (Å²) >= 11 is 0. The lowest BCUT2D eigenvalue weighted by molar-refractivity contribution is 0.0914. The summed E-state index contributed by atoms with van der Waals surface area (Å²) in [4.78, 5) is 11.9. The van der Waals surface area contributed by atoms with Crippen molar-refractivity contribution in [3.63, 3.8) is 0 Å². The molecule has 1 heterocycles. The minimum absolute atomic E-state index is 0.0601. The maximum atomic E-state index is 11.9. The molecule has 0 aliphatic rings. The van der Waals surface area contributed by atoms with E-state index < -0.39 is 0 Å². The van der Waals surface area contributed by atoms with Crippen LogP contribution in [0, 0.1) is 6.92 Å². The molecule has 1 amide bonds. The quantitative estimate of drug-likeness (QED) is 0.848. The molecule has 0 unspecified atom stereocenters. The summed E-state index contributed by atoms with van der Waals surface area (Å²) in [5, 5.41) is 3.76. The van der Waals surface area contributed by atoms with Crippen LogP contribution in [0.1, 0.15) is 23.0 Å². The Hall–Kier alpha value is -1.81. The molecule has 0 aliphatic heterocycles. The number of para-hydroxylation sites is 1. The Morgan fingerprint density at radius 2 is 2.18 bits per heavy atom. The highest BCUT2D eigenvalue weighted by Gasteiger charge is 2.18. The molecule has 4 nitrogen and oxygen atoms in total. The van der Waals surface area contributed by atoms with Crippen LogP contribution >= 0.6 is 0 Å². The Balaban J connectivity index is 2.35. The van der Waals surface area contributed by atoms with E-state index in [0.29, 0.717) is 12.3 Å². The van der Waals surface area contributed by atoms with E-state index in [-0.39, 0.29) is 11.9 Å². The predicted molar refractivity (Wildman–Crippen MR) is 66.9 cm³/mol. The largest absolute Gasteiger partial charge is 0.451 e. The summed E-state index contributed by atoms with van der Waals surface area (Å²) in [5.41, 5.74) is 7.06. The van der Waals surface area contributed by atoms with E-state index in [4.69, 9.17) is 10.2 Å².